The second-order valence-electron chi connectivity index (χ2n) is 12.4. The number of unbranched alkanes of at least 4 members (excludes halogenated alkanes) is 1. The molecule has 0 aromatic heterocycles. The largest absolute Gasteiger partial charge is 0.449 e. The highest BCUT2D eigenvalue weighted by Crippen LogP contribution is 2.44. The van der Waals surface area contributed by atoms with Crippen LogP contribution >= 0.6 is 0 Å². The Hall–Kier alpha value is -5.76. The van der Waals surface area contributed by atoms with Gasteiger partial charge < -0.3 is 41.7 Å². The quantitative estimate of drug-likeness (QED) is 0.0683. The Bertz CT molecular complexity index is 1650. The van der Waals surface area contributed by atoms with E-state index in [1.807, 2.05) is 36.4 Å². The lowest BCUT2D eigenvalue weighted by Crippen LogP contribution is -2.51. The number of ether oxygens (including phenoxy) is 1. The van der Waals surface area contributed by atoms with Crippen molar-refractivity contribution < 1.29 is 38.6 Å². The first-order valence-electron chi connectivity index (χ1n) is 17.3. The second kappa shape index (κ2) is 20.2. The van der Waals surface area contributed by atoms with E-state index in [0.29, 0.717) is 50.0 Å². The molecule has 3 aromatic carbocycles. The number of nitrogens with one attached hydrogen (secondary N) is 6. The standard InChI is InChI=1S/C38H46N6O8/c1-25(47)42-33(13-6-7-20-40-38(51)52-23-32-30-11-4-2-9-28(30)29-10-3-5-12-31(29)32)36(49)41-21-35(48)44-34(14-8-19-39-24-46)37(50)43-27-17-15-26(22-45)16-18-27/h2-5,9-12,15-18,24,32-34,45H,6-8,13-14,19-23H2,1H3,(H,39,46)(H,40,51)(H,41,49)(H,42,47)(H,43,50)(H,44,48). The van der Waals surface area contributed by atoms with Gasteiger partial charge in [0.15, 0.2) is 0 Å². The molecule has 1 aliphatic rings. The Labute approximate surface area is 302 Å². The summed E-state index contributed by atoms with van der Waals surface area (Å²) in [5, 5.41) is 24.9. The van der Waals surface area contributed by atoms with Crippen LogP contribution in [0.2, 0.25) is 0 Å². The van der Waals surface area contributed by atoms with Crippen molar-refractivity contribution in [1.29, 1.82) is 0 Å². The monoisotopic (exact) mass is 714 g/mol. The van der Waals surface area contributed by atoms with Gasteiger partial charge in [0, 0.05) is 31.6 Å². The highest BCUT2D eigenvalue weighted by molar-refractivity contribution is 5.98. The molecule has 3 aromatic rings. The number of amides is 6. The van der Waals surface area contributed by atoms with Gasteiger partial charge in [0.1, 0.15) is 18.7 Å². The zero-order valence-corrected chi connectivity index (χ0v) is 29.1. The fourth-order valence-corrected chi connectivity index (χ4v) is 6.02. The fourth-order valence-electron chi connectivity index (χ4n) is 6.02. The Morgan fingerprint density at radius 1 is 0.769 bits per heavy atom. The molecule has 4 rings (SSSR count). The van der Waals surface area contributed by atoms with Crippen LogP contribution < -0.4 is 31.9 Å². The van der Waals surface area contributed by atoms with Crippen LogP contribution in [0.5, 0.6) is 0 Å². The Morgan fingerprint density at radius 3 is 2.04 bits per heavy atom. The Kier molecular flexibility index (Phi) is 15.1. The molecule has 52 heavy (non-hydrogen) atoms. The molecule has 276 valence electrons. The molecule has 7 N–H and O–H groups in total. The molecule has 0 heterocycles. The molecule has 0 fully saturated rings. The van der Waals surface area contributed by atoms with Gasteiger partial charge in [0.25, 0.3) is 0 Å². The van der Waals surface area contributed by atoms with E-state index >= 15 is 0 Å². The molecular formula is C38H46N6O8. The third-order valence-electron chi connectivity index (χ3n) is 8.60. The van der Waals surface area contributed by atoms with Crippen molar-refractivity contribution in [3.63, 3.8) is 0 Å². The van der Waals surface area contributed by atoms with Crippen LogP contribution in [0.3, 0.4) is 0 Å². The van der Waals surface area contributed by atoms with Gasteiger partial charge in [-0.15, -0.1) is 0 Å². The Morgan fingerprint density at radius 2 is 1.40 bits per heavy atom. The second-order valence-corrected chi connectivity index (χ2v) is 12.4. The van der Waals surface area contributed by atoms with E-state index in [0.717, 1.165) is 22.3 Å². The molecule has 1 aliphatic carbocycles. The number of benzene rings is 3. The first-order chi connectivity index (χ1) is 25.2. The first kappa shape index (κ1) is 39.0. The van der Waals surface area contributed by atoms with Crippen LogP contribution in [0.25, 0.3) is 11.1 Å². The summed E-state index contributed by atoms with van der Waals surface area (Å²) in [6.45, 7) is 1.48. The van der Waals surface area contributed by atoms with Crippen molar-refractivity contribution in [3.8, 4) is 11.1 Å². The molecule has 14 nitrogen and oxygen atoms in total. The number of aliphatic hydroxyl groups excluding tert-OH is 1. The zero-order chi connectivity index (χ0) is 37.3. The summed E-state index contributed by atoms with van der Waals surface area (Å²) in [5.74, 6) is -2.17. The van der Waals surface area contributed by atoms with Crippen LogP contribution in [-0.2, 0) is 35.3 Å². The van der Waals surface area contributed by atoms with Crippen molar-refractivity contribution in [1.82, 2.24) is 26.6 Å². The predicted octanol–water partition coefficient (Wildman–Crippen LogP) is 2.46. The summed E-state index contributed by atoms with van der Waals surface area (Å²) < 4.78 is 5.57. The van der Waals surface area contributed by atoms with Crippen molar-refractivity contribution in [2.75, 3.05) is 31.6 Å². The highest BCUT2D eigenvalue weighted by atomic mass is 16.5. The van der Waals surface area contributed by atoms with E-state index in [1.165, 1.54) is 6.92 Å². The summed E-state index contributed by atoms with van der Waals surface area (Å²) in [6, 6.07) is 20.8. The minimum atomic E-state index is -0.967. The lowest BCUT2D eigenvalue weighted by Gasteiger charge is -2.20. The number of carbonyl (C=O) groups excluding carboxylic acids is 6. The molecule has 14 heteroatoms. The van der Waals surface area contributed by atoms with Gasteiger partial charge in [-0.25, -0.2) is 4.79 Å². The van der Waals surface area contributed by atoms with Crippen molar-refractivity contribution in [3.05, 3.63) is 89.5 Å². The number of anilines is 1. The number of carbonyl (C=O) groups is 6. The normalized spacial score (nSPS) is 12.7. The SMILES string of the molecule is CC(=O)NC(CCCCNC(=O)OCC1c2ccccc2-c2ccccc21)C(=O)NCC(=O)NC(CCCNC=O)C(=O)Nc1ccc(CO)cc1. The van der Waals surface area contributed by atoms with Gasteiger partial charge >= 0.3 is 6.09 Å². The maximum atomic E-state index is 13.0. The average molecular weight is 715 g/mol. The molecule has 0 spiro atoms. The van der Waals surface area contributed by atoms with Crippen molar-refractivity contribution in [2.24, 2.45) is 0 Å². The maximum Gasteiger partial charge on any atom is 0.407 e. The van der Waals surface area contributed by atoms with Crippen LogP contribution in [0, 0.1) is 0 Å². The van der Waals surface area contributed by atoms with Crippen molar-refractivity contribution >= 4 is 41.8 Å². The number of alkyl carbamates (subject to hydrolysis) is 1. The lowest BCUT2D eigenvalue weighted by molar-refractivity contribution is -0.130. The fraction of sp³-hybridized carbons (Fsp3) is 0.368. The Balaban J connectivity index is 1.19. The van der Waals surface area contributed by atoms with Crippen LogP contribution in [0.4, 0.5) is 10.5 Å². The number of fused-ring (bicyclic) bond motifs is 3. The predicted molar refractivity (Wildman–Crippen MR) is 194 cm³/mol. The molecule has 2 atom stereocenters. The maximum absolute atomic E-state index is 13.0. The topological polar surface area (TPSA) is 204 Å². The molecule has 6 amide bonds. The zero-order valence-electron chi connectivity index (χ0n) is 29.1. The van der Waals surface area contributed by atoms with E-state index in [-0.39, 0.29) is 32.0 Å². The molecule has 2 unspecified atom stereocenters. The van der Waals surface area contributed by atoms with Crippen LogP contribution in [0.15, 0.2) is 72.8 Å². The third kappa shape index (κ3) is 11.7. The van der Waals surface area contributed by atoms with Gasteiger partial charge in [0.05, 0.1) is 13.2 Å². The van der Waals surface area contributed by atoms with Gasteiger partial charge in [-0.05, 0) is 72.1 Å². The molecule has 0 aliphatic heterocycles. The van der Waals surface area contributed by atoms with E-state index in [2.05, 4.69) is 44.0 Å². The molecule has 0 saturated carbocycles. The smallest absolute Gasteiger partial charge is 0.407 e. The van der Waals surface area contributed by atoms with E-state index < -0.39 is 48.4 Å². The van der Waals surface area contributed by atoms with E-state index in [1.54, 1.807) is 24.3 Å². The summed E-state index contributed by atoms with van der Waals surface area (Å²) in [4.78, 5) is 73.7. The summed E-state index contributed by atoms with van der Waals surface area (Å²) >= 11 is 0. The third-order valence-corrected chi connectivity index (χ3v) is 8.60. The number of aliphatic hydroxyl groups is 1. The number of hydrogen-bond acceptors (Lipinski definition) is 8. The summed E-state index contributed by atoms with van der Waals surface area (Å²) in [5.41, 5.74) is 5.65. The summed E-state index contributed by atoms with van der Waals surface area (Å²) in [7, 11) is 0. The summed E-state index contributed by atoms with van der Waals surface area (Å²) in [6.07, 6.45) is 1.84. The lowest BCUT2D eigenvalue weighted by atomic mass is 9.98. The van der Waals surface area contributed by atoms with Gasteiger partial charge in [0.2, 0.25) is 30.0 Å². The van der Waals surface area contributed by atoms with Crippen molar-refractivity contribution in [2.45, 2.75) is 63.6 Å². The van der Waals surface area contributed by atoms with E-state index in [4.69, 9.17) is 4.74 Å². The highest BCUT2D eigenvalue weighted by Gasteiger charge is 2.29. The average Bonchev–Trinajstić information content (AvgIpc) is 3.47. The van der Waals surface area contributed by atoms with E-state index in [9.17, 15) is 33.9 Å². The molecule has 0 radical (unpaired) electrons. The van der Waals surface area contributed by atoms with Gasteiger partial charge in [-0.1, -0.05) is 60.7 Å². The van der Waals surface area contributed by atoms with Crippen LogP contribution in [0.1, 0.15) is 61.6 Å². The number of hydrogen-bond donors (Lipinski definition) is 7. The molecular weight excluding hydrogens is 668 g/mol. The first-order valence-corrected chi connectivity index (χ1v) is 17.3. The van der Waals surface area contributed by atoms with Crippen LogP contribution in [-0.4, -0.2) is 79.6 Å². The van der Waals surface area contributed by atoms with Gasteiger partial charge in [-0.3, -0.25) is 24.0 Å². The minimum absolute atomic E-state index is 0.0538. The molecule has 0 saturated heterocycles. The van der Waals surface area contributed by atoms with Gasteiger partial charge in [-0.2, -0.15) is 0 Å². The number of rotatable bonds is 20. The minimum Gasteiger partial charge on any atom is -0.449 e. The molecule has 0 bridgehead atoms.